The van der Waals surface area contributed by atoms with E-state index in [9.17, 15) is 4.79 Å². The molecule has 1 atom stereocenters. The number of ether oxygens (including phenoxy) is 1. The van der Waals surface area contributed by atoms with Crippen LogP contribution in [0.1, 0.15) is 18.9 Å². The molecule has 4 nitrogen and oxygen atoms in total. The van der Waals surface area contributed by atoms with Gasteiger partial charge in [-0.25, -0.2) is 0 Å². The van der Waals surface area contributed by atoms with Crippen LogP contribution in [0.4, 0.5) is 5.69 Å². The number of methoxy groups -OCH3 is 1. The molecule has 1 aromatic rings. The maximum absolute atomic E-state index is 11.5. The van der Waals surface area contributed by atoms with E-state index < -0.39 is 0 Å². The number of carbonyl (C=O) groups excluding carboxylic acids is 1. The standard InChI is InChI=1S/C12H18N2O2.ClH/c1-9(13)6-12(15)14-11-5-3-4-10(7-11)8-16-2;/h3-5,7,9H,6,8,13H2,1-2H3,(H,14,15);1H. The summed E-state index contributed by atoms with van der Waals surface area (Å²) in [5.74, 6) is -0.0652. The van der Waals surface area contributed by atoms with Crippen molar-refractivity contribution in [2.75, 3.05) is 12.4 Å². The lowest BCUT2D eigenvalue weighted by atomic mass is 10.2. The number of anilines is 1. The molecule has 0 spiro atoms. The highest BCUT2D eigenvalue weighted by molar-refractivity contribution is 5.91. The number of rotatable bonds is 5. The lowest BCUT2D eigenvalue weighted by Crippen LogP contribution is -2.23. The van der Waals surface area contributed by atoms with Crippen LogP contribution in [-0.4, -0.2) is 19.1 Å². The van der Waals surface area contributed by atoms with E-state index in [1.807, 2.05) is 24.3 Å². The SMILES string of the molecule is COCc1cccc(NC(=O)CC(C)N)c1.Cl. The Morgan fingerprint density at radius 2 is 2.24 bits per heavy atom. The molecule has 5 heteroatoms. The Hall–Kier alpha value is -1.10. The number of nitrogens with two attached hydrogens (primary N) is 1. The average Bonchev–Trinajstić information content (AvgIpc) is 2.17. The lowest BCUT2D eigenvalue weighted by molar-refractivity contribution is -0.116. The fraction of sp³-hybridized carbons (Fsp3) is 0.417. The first-order valence-corrected chi connectivity index (χ1v) is 5.25. The second-order valence-corrected chi connectivity index (χ2v) is 3.86. The van der Waals surface area contributed by atoms with Crippen LogP contribution >= 0.6 is 12.4 Å². The van der Waals surface area contributed by atoms with Crippen molar-refractivity contribution in [2.24, 2.45) is 5.73 Å². The molecule has 0 aliphatic heterocycles. The smallest absolute Gasteiger partial charge is 0.225 e. The van der Waals surface area contributed by atoms with Crippen LogP contribution in [0.2, 0.25) is 0 Å². The maximum atomic E-state index is 11.5. The molecule has 0 heterocycles. The molecule has 1 unspecified atom stereocenters. The van der Waals surface area contributed by atoms with Crippen molar-refractivity contribution < 1.29 is 9.53 Å². The Morgan fingerprint density at radius 3 is 2.82 bits per heavy atom. The first-order valence-electron chi connectivity index (χ1n) is 5.25. The highest BCUT2D eigenvalue weighted by Crippen LogP contribution is 2.11. The van der Waals surface area contributed by atoms with Gasteiger partial charge in [0.15, 0.2) is 0 Å². The van der Waals surface area contributed by atoms with E-state index in [1.165, 1.54) is 0 Å². The average molecular weight is 259 g/mol. The lowest BCUT2D eigenvalue weighted by Gasteiger charge is -2.08. The van der Waals surface area contributed by atoms with Crippen LogP contribution in [0.15, 0.2) is 24.3 Å². The van der Waals surface area contributed by atoms with Gasteiger partial charge in [-0.2, -0.15) is 0 Å². The van der Waals surface area contributed by atoms with E-state index in [0.717, 1.165) is 11.3 Å². The summed E-state index contributed by atoms with van der Waals surface area (Å²) < 4.78 is 5.02. The molecule has 0 fully saturated rings. The van der Waals surface area contributed by atoms with Gasteiger partial charge in [0, 0.05) is 25.3 Å². The number of halogens is 1. The molecule has 17 heavy (non-hydrogen) atoms. The quantitative estimate of drug-likeness (QED) is 0.848. The summed E-state index contributed by atoms with van der Waals surface area (Å²) in [6, 6.07) is 7.45. The van der Waals surface area contributed by atoms with Crippen LogP contribution in [-0.2, 0) is 16.1 Å². The van der Waals surface area contributed by atoms with Crippen molar-refractivity contribution in [1.82, 2.24) is 0 Å². The van der Waals surface area contributed by atoms with Gasteiger partial charge >= 0.3 is 0 Å². The number of benzene rings is 1. The van der Waals surface area contributed by atoms with Gasteiger partial charge in [-0.15, -0.1) is 12.4 Å². The number of hydrogen-bond acceptors (Lipinski definition) is 3. The van der Waals surface area contributed by atoms with Crippen molar-refractivity contribution in [3.8, 4) is 0 Å². The van der Waals surface area contributed by atoms with E-state index in [2.05, 4.69) is 5.32 Å². The minimum Gasteiger partial charge on any atom is -0.380 e. The topological polar surface area (TPSA) is 64.3 Å². The van der Waals surface area contributed by atoms with Gasteiger partial charge < -0.3 is 15.8 Å². The summed E-state index contributed by atoms with van der Waals surface area (Å²) in [7, 11) is 1.64. The van der Waals surface area contributed by atoms with Crippen molar-refractivity contribution in [3.05, 3.63) is 29.8 Å². The van der Waals surface area contributed by atoms with Crippen LogP contribution < -0.4 is 11.1 Å². The molecular weight excluding hydrogens is 240 g/mol. The van der Waals surface area contributed by atoms with Gasteiger partial charge in [-0.3, -0.25) is 4.79 Å². The van der Waals surface area contributed by atoms with Gasteiger partial charge in [0.1, 0.15) is 0 Å². The van der Waals surface area contributed by atoms with E-state index >= 15 is 0 Å². The van der Waals surface area contributed by atoms with Crippen LogP contribution in [0.3, 0.4) is 0 Å². The fourth-order valence-corrected chi connectivity index (χ4v) is 1.41. The molecule has 0 aliphatic rings. The molecule has 96 valence electrons. The van der Waals surface area contributed by atoms with Crippen molar-refractivity contribution in [3.63, 3.8) is 0 Å². The maximum Gasteiger partial charge on any atom is 0.225 e. The number of amides is 1. The van der Waals surface area contributed by atoms with Gasteiger partial charge in [0.2, 0.25) is 5.91 Å². The molecule has 0 radical (unpaired) electrons. The van der Waals surface area contributed by atoms with E-state index in [1.54, 1.807) is 14.0 Å². The van der Waals surface area contributed by atoms with Gasteiger partial charge in [-0.05, 0) is 24.6 Å². The van der Waals surface area contributed by atoms with Crippen LogP contribution in [0, 0.1) is 0 Å². The zero-order valence-corrected chi connectivity index (χ0v) is 10.9. The van der Waals surface area contributed by atoms with E-state index in [0.29, 0.717) is 13.0 Å². The van der Waals surface area contributed by atoms with E-state index in [-0.39, 0.29) is 24.4 Å². The van der Waals surface area contributed by atoms with Crippen LogP contribution in [0.5, 0.6) is 0 Å². The molecule has 0 saturated heterocycles. The van der Waals surface area contributed by atoms with E-state index in [4.69, 9.17) is 10.5 Å². The minimum atomic E-state index is -0.123. The normalized spacial score (nSPS) is 11.5. The van der Waals surface area contributed by atoms with Gasteiger partial charge in [-0.1, -0.05) is 12.1 Å². The number of hydrogen-bond donors (Lipinski definition) is 2. The third kappa shape index (κ3) is 6.26. The highest BCUT2D eigenvalue weighted by Gasteiger charge is 2.05. The van der Waals surface area contributed by atoms with Gasteiger partial charge in [0.05, 0.1) is 6.61 Å². The number of carbonyl (C=O) groups is 1. The van der Waals surface area contributed by atoms with Gasteiger partial charge in [0.25, 0.3) is 0 Å². The van der Waals surface area contributed by atoms with Crippen molar-refractivity contribution >= 4 is 24.0 Å². The fourth-order valence-electron chi connectivity index (χ4n) is 1.41. The highest BCUT2D eigenvalue weighted by atomic mass is 35.5. The second kappa shape index (κ2) is 8.06. The molecule has 1 aromatic carbocycles. The third-order valence-electron chi connectivity index (χ3n) is 2.03. The number of nitrogens with one attached hydrogen (secondary N) is 1. The van der Waals surface area contributed by atoms with Crippen molar-refractivity contribution in [1.29, 1.82) is 0 Å². The summed E-state index contributed by atoms with van der Waals surface area (Å²) in [4.78, 5) is 11.5. The monoisotopic (exact) mass is 258 g/mol. The summed E-state index contributed by atoms with van der Waals surface area (Å²) in [6.07, 6.45) is 0.328. The predicted molar refractivity (Wildman–Crippen MR) is 71.3 cm³/mol. The summed E-state index contributed by atoms with van der Waals surface area (Å²) >= 11 is 0. The molecule has 1 amide bonds. The van der Waals surface area contributed by atoms with Crippen molar-refractivity contribution in [2.45, 2.75) is 26.0 Å². The Kier molecular flexibility index (Phi) is 7.54. The molecule has 0 aromatic heterocycles. The first kappa shape index (κ1) is 15.9. The zero-order valence-electron chi connectivity index (χ0n) is 10.1. The second-order valence-electron chi connectivity index (χ2n) is 3.86. The molecule has 0 saturated carbocycles. The summed E-state index contributed by atoms with van der Waals surface area (Å²) in [5.41, 5.74) is 7.35. The largest absolute Gasteiger partial charge is 0.380 e. The molecule has 3 N–H and O–H groups in total. The van der Waals surface area contributed by atoms with Crippen LogP contribution in [0.25, 0.3) is 0 Å². The molecule has 0 bridgehead atoms. The molecular formula is C12H19ClN2O2. The minimum absolute atomic E-state index is 0. The molecule has 0 aliphatic carbocycles. The summed E-state index contributed by atoms with van der Waals surface area (Å²) in [5, 5.41) is 2.80. The predicted octanol–water partition coefficient (Wildman–Crippen LogP) is 1.93. The first-order chi connectivity index (χ1) is 7.61. The zero-order chi connectivity index (χ0) is 12.0. The molecule has 1 rings (SSSR count). The third-order valence-corrected chi connectivity index (χ3v) is 2.03. The Balaban J connectivity index is 0.00000256. The Morgan fingerprint density at radius 1 is 1.53 bits per heavy atom. The Labute approximate surface area is 108 Å². The Bertz CT molecular complexity index is 356. The summed E-state index contributed by atoms with van der Waals surface area (Å²) in [6.45, 7) is 2.35.